The Morgan fingerprint density at radius 1 is 1.62 bits per heavy atom. The summed E-state index contributed by atoms with van der Waals surface area (Å²) in [7, 11) is 0. The fourth-order valence-corrected chi connectivity index (χ4v) is 1.10. The van der Waals surface area contributed by atoms with Crippen LogP contribution in [0, 0.1) is 12.3 Å². The summed E-state index contributed by atoms with van der Waals surface area (Å²) in [6, 6.07) is 3.60. The first kappa shape index (κ1) is 9.88. The molecule has 1 N–H and O–H groups in total. The van der Waals surface area contributed by atoms with Gasteiger partial charge in [-0.15, -0.1) is 12.3 Å². The van der Waals surface area contributed by atoms with Crippen LogP contribution in [0.3, 0.4) is 0 Å². The molecule has 2 nitrogen and oxygen atoms in total. The zero-order chi connectivity index (χ0) is 9.52. The highest BCUT2D eigenvalue weighted by molar-refractivity contribution is 6.32. The van der Waals surface area contributed by atoms with Gasteiger partial charge < -0.3 is 5.32 Å². The molecule has 0 saturated carbocycles. The summed E-state index contributed by atoms with van der Waals surface area (Å²) in [6.07, 6.45) is 8.53. The summed E-state index contributed by atoms with van der Waals surface area (Å²) in [5.41, 5.74) is 0. The van der Waals surface area contributed by atoms with Gasteiger partial charge in [-0.3, -0.25) is 0 Å². The molecule has 3 heteroatoms. The minimum atomic E-state index is 0.642. The molecule has 0 radical (unpaired) electrons. The molecule has 0 aromatic carbocycles. The molecule has 0 atom stereocenters. The normalized spacial score (nSPS) is 9.23. The van der Waals surface area contributed by atoms with Crippen LogP contribution in [0.15, 0.2) is 18.3 Å². The summed E-state index contributed by atoms with van der Waals surface area (Å²) in [5, 5.41) is 3.75. The lowest BCUT2D eigenvalue weighted by atomic mass is 10.3. The first-order chi connectivity index (χ1) is 6.34. The topological polar surface area (TPSA) is 24.9 Å². The predicted octanol–water partition coefficient (Wildman–Crippen LogP) is 2.56. The van der Waals surface area contributed by atoms with Gasteiger partial charge in [0.25, 0.3) is 0 Å². The minimum absolute atomic E-state index is 0.642. The maximum atomic E-state index is 5.87. The van der Waals surface area contributed by atoms with Gasteiger partial charge in [0.15, 0.2) is 0 Å². The quantitative estimate of drug-likeness (QED) is 0.589. The summed E-state index contributed by atoms with van der Waals surface area (Å²) in [4.78, 5) is 4.08. The molecule has 1 rings (SSSR count). The van der Waals surface area contributed by atoms with Crippen molar-refractivity contribution in [2.24, 2.45) is 0 Å². The smallest absolute Gasteiger partial charge is 0.144 e. The van der Waals surface area contributed by atoms with Crippen molar-refractivity contribution in [1.29, 1.82) is 0 Å². The zero-order valence-corrected chi connectivity index (χ0v) is 8.01. The van der Waals surface area contributed by atoms with Crippen LogP contribution in [-0.4, -0.2) is 11.5 Å². The van der Waals surface area contributed by atoms with Crippen LogP contribution in [0.1, 0.15) is 12.8 Å². The van der Waals surface area contributed by atoms with Gasteiger partial charge in [-0.05, 0) is 18.6 Å². The number of pyridine rings is 1. The molecule has 0 amide bonds. The summed E-state index contributed by atoms with van der Waals surface area (Å²) < 4.78 is 0. The number of hydrogen-bond donors (Lipinski definition) is 1. The maximum absolute atomic E-state index is 5.87. The summed E-state index contributed by atoms with van der Waals surface area (Å²) in [5.74, 6) is 3.30. The molecular weight excluding hydrogens is 184 g/mol. The lowest BCUT2D eigenvalue weighted by molar-refractivity contribution is 0.901. The van der Waals surface area contributed by atoms with Crippen LogP contribution in [0.2, 0.25) is 5.02 Å². The van der Waals surface area contributed by atoms with Crippen molar-refractivity contribution in [2.45, 2.75) is 12.8 Å². The fraction of sp³-hybridized carbons (Fsp3) is 0.300. The molecule has 1 aromatic rings. The Morgan fingerprint density at radius 3 is 3.15 bits per heavy atom. The van der Waals surface area contributed by atoms with Gasteiger partial charge in [0.05, 0.1) is 5.02 Å². The number of unbranched alkanes of at least 4 members (excludes halogenated alkanes) is 1. The van der Waals surface area contributed by atoms with Crippen LogP contribution in [0.25, 0.3) is 0 Å². The van der Waals surface area contributed by atoms with Crippen molar-refractivity contribution < 1.29 is 0 Å². The number of terminal acetylenes is 1. The maximum Gasteiger partial charge on any atom is 0.144 e. The number of nitrogens with zero attached hydrogens (tertiary/aromatic N) is 1. The van der Waals surface area contributed by atoms with E-state index in [1.807, 2.05) is 0 Å². The molecule has 0 spiro atoms. The Bertz CT molecular complexity index is 304. The largest absolute Gasteiger partial charge is 0.369 e. The molecule has 13 heavy (non-hydrogen) atoms. The van der Waals surface area contributed by atoms with E-state index in [1.54, 1.807) is 18.3 Å². The highest BCUT2D eigenvalue weighted by Gasteiger charge is 1.97. The Balaban J connectivity index is 2.37. The van der Waals surface area contributed by atoms with E-state index in [1.165, 1.54) is 0 Å². The van der Waals surface area contributed by atoms with Gasteiger partial charge in [0.2, 0.25) is 0 Å². The Morgan fingerprint density at radius 2 is 2.46 bits per heavy atom. The first-order valence-electron chi connectivity index (χ1n) is 4.12. The van der Waals surface area contributed by atoms with Crippen LogP contribution < -0.4 is 5.32 Å². The van der Waals surface area contributed by atoms with E-state index in [2.05, 4.69) is 16.2 Å². The third-order valence-electron chi connectivity index (χ3n) is 1.55. The Labute approximate surface area is 83.3 Å². The number of hydrogen-bond acceptors (Lipinski definition) is 2. The average molecular weight is 195 g/mol. The Kier molecular flexibility index (Phi) is 4.14. The van der Waals surface area contributed by atoms with Crippen LogP contribution in [-0.2, 0) is 0 Å². The lowest BCUT2D eigenvalue weighted by Gasteiger charge is -2.04. The summed E-state index contributed by atoms with van der Waals surface area (Å²) in [6.45, 7) is 0.806. The number of halogens is 1. The van der Waals surface area contributed by atoms with Gasteiger partial charge in [0.1, 0.15) is 5.82 Å². The van der Waals surface area contributed by atoms with Crippen molar-refractivity contribution in [1.82, 2.24) is 4.98 Å². The first-order valence-corrected chi connectivity index (χ1v) is 4.50. The van der Waals surface area contributed by atoms with Crippen molar-refractivity contribution >= 4 is 17.4 Å². The van der Waals surface area contributed by atoms with Gasteiger partial charge in [-0.25, -0.2) is 4.98 Å². The second-order valence-electron chi connectivity index (χ2n) is 2.57. The standard InChI is InChI=1S/C10H11ClN2/c1-2-3-4-7-12-10-9(11)6-5-8-13-10/h1,5-6,8H,3-4,7H2,(H,12,13). The molecular formula is C10H11ClN2. The third-order valence-corrected chi connectivity index (χ3v) is 1.85. The monoisotopic (exact) mass is 194 g/mol. The minimum Gasteiger partial charge on any atom is -0.369 e. The highest BCUT2D eigenvalue weighted by atomic mass is 35.5. The fourth-order valence-electron chi connectivity index (χ4n) is 0.913. The molecule has 1 aromatic heterocycles. The Hall–Kier alpha value is -1.20. The molecule has 0 saturated heterocycles. The molecule has 68 valence electrons. The molecule has 0 bridgehead atoms. The third kappa shape index (κ3) is 3.35. The molecule has 0 aliphatic rings. The van der Waals surface area contributed by atoms with Crippen LogP contribution in [0.5, 0.6) is 0 Å². The van der Waals surface area contributed by atoms with E-state index in [0.717, 1.165) is 25.2 Å². The van der Waals surface area contributed by atoms with Gasteiger partial charge in [-0.2, -0.15) is 0 Å². The SMILES string of the molecule is C#CCCCNc1ncccc1Cl. The number of aromatic nitrogens is 1. The molecule has 1 heterocycles. The second kappa shape index (κ2) is 5.45. The average Bonchev–Trinajstić information content (AvgIpc) is 2.15. The molecule has 0 aliphatic carbocycles. The van der Waals surface area contributed by atoms with E-state index in [0.29, 0.717) is 5.02 Å². The van der Waals surface area contributed by atoms with E-state index in [-0.39, 0.29) is 0 Å². The van der Waals surface area contributed by atoms with Gasteiger partial charge in [-0.1, -0.05) is 11.6 Å². The van der Waals surface area contributed by atoms with Crippen molar-refractivity contribution in [3.63, 3.8) is 0 Å². The van der Waals surface area contributed by atoms with Crippen molar-refractivity contribution in [3.05, 3.63) is 23.4 Å². The zero-order valence-electron chi connectivity index (χ0n) is 7.26. The van der Waals surface area contributed by atoms with E-state index < -0.39 is 0 Å². The second-order valence-corrected chi connectivity index (χ2v) is 2.98. The highest BCUT2D eigenvalue weighted by Crippen LogP contribution is 2.16. The molecule has 0 aliphatic heterocycles. The van der Waals surface area contributed by atoms with Crippen LogP contribution in [0.4, 0.5) is 5.82 Å². The van der Waals surface area contributed by atoms with E-state index >= 15 is 0 Å². The van der Waals surface area contributed by atoms with Crippen molar-refractivity contribution in [3.8, 4) is 12.3 Å². The predicted molar refractivity (Wildman–Crippen MR) is 55.8 cm³/mol. The van der Waals surface area contributed by atoms with E-state index in [4.69, 9.17) is 18.0 Å². The molecule has 0 unspecified atom stereocenters. The number of nitrogens with one attached hydrogen (secondary N) is 1. The van der Waals surface area contributed by atoms with Crippen molar-refractivity contribution in [2.75, 3.05) is 11.9 Å². The summed E-state index contributed by atoms with van der Waals surface area (Å²) >= 11 is 5.87. The number of anilines is 1. The lowest BCUT2D eigenvalue weighted by Crippen LogP contribution is -2.02. The van der Waals surface area contributed by atoms with Crippen LogP contribution >= 0.6 is 11.6 Å². The molecule has 0 fully saturated rings. The van der Waals surface area contributed by atoms with Gasteiger partial charge in [0, 0.05) is 19.2 Å². The number of rotatable bonds is 4. The van der Waals surface area contributed by atoms with Gasteiger partial charge >= 0.3 is 0 Å². The van der Waals surface area contributed by atoms with E-state index in [9.17, 15) is 0 Å².